The molecule has 0 bridgehead atoms. The van der Waals surface area contributed by atoms with Gasteiger partial charge in [-0.25, -0.2) is 9.97 Å². The third kappa shape index (κ3) is 7.23. The molecule has 3 aromatic heterocycles. The number of halogens is 4. The zero-order chi connectivity index (χ0) is 36.6. The van der Waals surface area contributed by atoms with Crippen molar-refractivity contribution in [1.82, 2.24) is 34.0 Å². The van der Waals surface area contributed by atoms with E-state index >= 15 is 0 Å². The normalized spacial score (nSPS) is 17.5. The fraction of sp³-hybridized carbons (Fsp3) is 0.382. The van der Waals surface area contributed by atoms with Crippen molar-refractivity contribution < 1.29 is 32.6 Å². The van der Waals surface area contributed by atoms with E-state index in [4.69, 9.17) is 16.3 Å². The van der Waals surface area contributed by atoms with Crippen LogP contribution >= 0.6 is 11.6 Å². The molecule has 4 aromatic rings. The van der Waals surface area contributed by atoms with Crippen LogP contribution in [0.3, 0.4) is 0 Å². The fourth-order valence-corrected chi connectivity index (χ4v) is 6.48. The Morgan fingerprint density at radius 1 is 1.24 bits per heavy atom. The van der Waals surface area contributed by atoms with Crippen LogP contribution in [0.4, 0.5) is 18.9 Å². The molecule has 5 heterocycles. The van der Waals surface area contributed by atoms with Gasteiger partial charge in [0.25, 0.3) is 11.5 Å². The highest BCUT2D eigenvalue weighted by Crippen LogP contribution is 2.34. The Bertz CT molecular complexity index is 2160. The molecule has 0 saturated carbocycles. The van der Waals surface area contributed by atoms with Crippen molar-refractivity contribution in [2.24, 2.45) is 0 Å². The third-order valence-corrected chi connectivity index (χ3v) is 9.16. The number of ether oxygens (including phenoxy) is 1. The van der Waals surface area contributed by atoms with Gasteiger partial charge in [0.05, 0.1) is 34.1 Å². The number of aromatic hydroxyl groups is 1. The third-order valence-electron chi connectivity index (χ3n) is 8.85. The van der Waals surface area contributed by atoms with Crippen LogP contribution in [0.5, 0.6) is 5.75 Å². The monoisotopic (exact) mass is 726 g/mol. The van der Waals surface area contributed by atoms with Crippen LogP contribution in [0.2, 0.25) is 5.02 Å². The number of benzene rings is 1. The Kier molecular flexibility index (Phi) is 9.99. The lowest BCUT2D eigenvalue weighted by molar-refractivity contribution is -0.137. The van der Waals surface area contributed by atoms with Gasteiger partial charge < -0.3 is 24.6 Å². The predicted molar refractivity (Wildman–Crippen MR) is 181 cm³/mol. The molecule has 268 valence electrons. The maximum absolute atomic E-state index is 14.2. The van der Waals surface area contributed by atoms with Gasteiger partial charge in [-0.1, -0.05) is 24.6 Å². The lowest BCUT2D eigenvalue weighted by Gasteiger charge is -2.20. The quantitative estimate of drug-likeness (QED) is 0.265. The molecule has 2 aliphatic heterocycles. The highest BCUT2D eigenvalue weighted by molar-refractivity contribution is 6.33. The van der Waals surface area contributed by atoms with E-state index in [1.54, 1.807) is 22.5 Å². The summed E-state index contributed by atoms with van der Waals surface area (Å²) in [5, 5.41) is 17.3. The summed E-state index contributed by atoms with van der Waals surface area (Å²) >= 11 is 6.12. The first-order valence-corrected chi connectivity index (χ1v) is 16.6. The van der Waals surface area contributed by atoms with Crippen molar-refractivity contribution in [1.29, 1.82) is 0 Å². The molecule has 51 heavy (non-hydrogen) atoms. The molecule has 2 aliphatic rings. The van der Waals surface area contributed by atoms with Gasteiger partial charge in [0.1, 0.15) is 12.9 Å². The summed E-state index contributed by atoms with van der Waals surface area (Å²) in [5.74, 6) is -1.02. The van der Waals surface area contributed by atoms with Crippen LogP contribution < -0.4 is 10.9 Å². The Hall–Kier alpha value is -5.09. The molecule has 17 heteroatoms. The van der Waals surface area contributed by atoms with Crippen molar-refractivity contribution in [3.8, 4) is 5.75 Å². The summed E-state index contributed by atoms with van der Waals surface area (Å²) in [5.41, 5.74) is 0.882. The highest BCUT2D eigenvalue weighted by Gasteiger charge is 2.33. The molecule has 1 atom stereocenters. The van der Waals surface area contributed by atoms with Crippen molar-refractivity contribution in [3.63, 3.8) is 0 Å². The highest BCUT2D eigenvalue weighted by atomic mass is 35.5. The molecule has 0 spiro atoms. The number of aromatic nitrogens is 6. The average molecular weight is 727 g/mol. The minimum absolute atomic E-state index is 0.0208. The number of aryl methyl sites for hydroxylation is 1. The van der Waals surface area contributed by atoms with Gasteiger partial charge >= 0.3 is 6.18 Å². The maximum atomic E-state index is 14.2. The molecular weight excluding hydrogens is 693 g/mol. The first kappa shape index (κ1) is 35.7. The van der Waals surface area contributed by atoms with Crippen LogP contribution in [-0.4, -0.2) is 76.8 Å². The summed E-state index contributed by atoms with van der Waals surface area (Å²) in [6.07, 6.45) is 2.16. The van der Waals surface area contributed by atoms with Gasteiger partial charge in [0, 0.05) is 24.9 Å². The van der Waals surface area contributed by atoms with E-state index in [0.717, 1.165) is 40.3 Å². The van der Waals surface area contributed by atoms with Gasteiger partial charge in [0.2, 0.25) is 11.7 Å². The number of fused-ring (bicyclic) bond motifs is 1. The van der Waals surface area contributed by atoms with E-state index in [1.165, 1.54) is 6.33 Å². The maximum Gasteiger partial charge on any atom is 0.416 e. The average Bonchev–Trinajstić information content (AvgIpc) is 3.58. The van der Waals surface area contributed by atoms with E-state index in [1.807, 2.05) is 19.9 Å². The number of nitrogens with one attached hydrogen (secondary N) is 1. The molecule has 6 rings (SSSR count). The van der Waals surface area contributed by atoms with E-state index in [0.29, 0.717) is 37.6 Å². The largest absolute Gasteiger partial charge is 0.504 e. The summed E-state index contributed by atoms with van der Waals surface area (Å²) in [4.78, 5) is 55.2. The predicted octanol–water partition coefficient (Wildman–Crippen LogP) is 5.08. The molecule has 1 aromatic carbocycles. The molecule has 1 unspecified atom stereocenters. The Morgan fingerprint density at radius 3 is 2.75 bits per heavy atom. The number of anilines is 1. The molecule has 2 N–H and O–H groups in total. The van der Waals surface area contributed by atoms with Gasteiger partial charge in [-0.2, -0.15) is 22.7 Å². The molecule has 1 saturated heterocycles. The van der Waals surface area contributed by atoms with Crippen molar-refractivity contribution in [2.75, 3.05) is 25.1 Å². The Labute approximate surface area is 294 Å². The lowest BCUT2D eigenvalue weighted by atomic mass is 10.1. The van der Waals surface area contributed by atoms with E-state index < -0.39 is 29.1 Å². The number of hydrogen-bond donors (Lipinski definition) is 2. The van der Waals surface area contributed by atoms with E-state index in [-0.39, 0.29) is 64.7 Å². The number of nitrogens with zero attached hydrogens (tertiary/aromatic N) is 7. The first-order valence-electron chi connectivity index (χ1n) is 16.2. The van der Waals surface area contributed by atoms with Crippen LogP contribution in [0.25, 0.3) is 17.4 Å². The topological polar surface area (TPSA) is 157 Å². The number of likely N-dealkylation sites (tertiary alicyclic amines) is 1. The fourth-order valence-electron chi connectivity index (χ4n) is 6.25. The summed E-state index contributed by atoms with van der Waals surface area (Å²) < 4.78 is 47.8. The summed E-state index contributed by atoms with van der Waals surface area (Å²) in [7, 11) is 0. The number of alkyl halides is 3. The standard InChI is InChI=1S/C34H34ClF3N8O5/c1-4-26-23(13-20-12-18(2)44(15-20)32(50)28-29(48)19(3)39-17-40-28)31(49)46-33(42-30(43-46)21-6-5-10-51-11-9-21)45(26)16-27(47)41-25-8-7-22(14-24(25)35)34(36,37)38/h7-9,13-14,17-18,48H,4-6,10-12,15-16H2,1-3H3,(H,41,47). The Balaban J connectivity index is 1.40. The molecule has 2 amide bonds. The van der Waals surface area contributed by atoms with Crippen molar-refractivity contribution in [2.45, 2.75) is 65.2 Å². The molecule has 0 radical (unpaired) electrons. The second kappa shape index (κ2) is 14.3. The SMILES string of the molecule is CCc1c(C=C2CC(C)N(C(=O)c3ncnc(C)c3O)C2)c(=O)n2nc(C3=CCOCCC3)nc2n1CC(=O)Nc1ccc(C(F)(F)F)cc1Cl. The second-order valence-corrected chi connectivity index (χ2v) is 12.8. The molecule has 0 aliphatic carbocycles. The van der Waals surface area contributed by atoms with E-state index in [2.05, 4.69) is 25.4 Å². The van der Waals surface area contributed by atoms with Gasteiger partial charge in [-0.05, 0) is 75.0 Å². The zero-order valence-corrected chi connectivity index (χ0v) is 28.7. The second-order valence-electron chi connectivity index (χ2n) is 12.3. The number of carbonyl (C=O) groups is 2. The number of rotatable bonds is 7. The van der Waals surface area contributed by atoms with Crippen LogP contribution in [0.15, 0.2) is 41.0 Å². The summed E-state index contributed by atoms with van der Waals surface area (Å²) in [6.45, 7) is 5.89. The van der Waals surface area contributed by atoms with Gasteiger partial charge in [0.15, 0.2) is 17.3 Å². The van der Waals surface area contributed by atoms with Crippen LogP contribution in [-0.2, 0) is 28.7 Å². The van der Waals surface area contributed by atoms with Gasteiger partial charge in [-0.15, -0.1) is 5.10 Å². The smallest absolute Gasteiger partial charge is 0.416 e. The summed E-state index contributed by atoms with van der Waals surface area (Å²) in [6, 6.07) is 2.33. The Morgan fingerprint density at radius 2 is 2.02 bits per heavy atom. The molecule has 13 nitrogen and oxygen atoms in total. The minimum atomic E-state index is -4.61. The number of amides is 2. The van der Waals surface area contributed by atoms with Gasteiger partial charge in [-0.3, -0.25) is 14.4 Å². The molecule has 1 fully saturated rings. The van der Waals surface area contributed by atoms with Crippen LogP contribution in [0, 0.1) is 6.92 Å². The zero-order valence-electron chi connectivity index (χ0n) is 27.9. The lowest BCUT2D eigenvalue weighted by Crippen LogP contribution is -2.34. The van der Waals surface area contributed by atoms with Crippen molar-refractivity contribution in [3.05, 3.63) is 85.6 Å². The van der Waals surface area contributed by atoms with Crippen LogP contribution in [0.1, 0.15) is 71.9 Å². The minimum Gasteiger partial charge on any atom is -0.504 e. The number of carbonyl (C=O) groups excluding carboxylic acids is 2. The molecular formula is C34H34ClF3N8O5. The number of hydrogen-bond acceptors (Lipinski definition) is 9. The number of allylic oxidation sites excluding steroid dienone is 1. The first-order chi connectivity index (χ1) is 24.3. The van der Waals surface area contributed by atoms with E-state index in [9.17, 15) is 32.7 Å². The van der Waals surface area contributed by atoms with Crippen molar-refractivity contribution >= 4 is 46.5 Å².